The first kappa shape index (κ1) is 21.2. The van der Waals surface area contributed by atoms with Crippen molar-refractivity contribution in [1.29, 1.82) is 0 Å². The Balaban J connectivity index is 2.04. The summed E-state index contributed by atoms with van der Waals surface area (Å²) in [4.78, 5) is 35.0. The van der Waals surface area contributed by atoms with Crippen LogP contribution < -0.4 is 20.1 Å². The third kappa shape index (κ3) is 5.71. The molecule has 0 fully saturated rings. The molecule has 0 aliphatic rings. The van der Waals surface area contributed by atoms with E-state index in [-0.39, 0.29) is 12.5 Å². The topological polar surface area (TPSA) is 103 Å². The molecule has 2 rings (SSSR count). The van der Waals surface area contributed by atoms with Crippen molar-refractivity contribution in [3.63, 3.8) is 0 Å². The van der Waals surface area contributed by atoms with E-state index in [0.29, 0.717) is 32.9 Å². The summed E-state index contributed by atoms with van der Waals surface area (Å²) in [5.74, 6) is -0.308. The molecule has 0 aliphatic carbocycles. The van der Waals surface area contributed by atoms with E-state index in [1.165, 1.54) is 27.2 Å². The molecule has 8 nitrogen and oxygen atoms in total. The van der Waals surface area contributed by atoms with E-state index in [2.05, 4.69) is 31.3 Å². The van der Waals surface area contributed by atoms with Gasteiger partial charge in [0.1, 0.15) is 11.5 Å². The largest absolute Gasteiger partial charge is 0.495 e. The molecular weight excluding hydrogens is 432 g/mol. The second kappa shape index (κ2) is 9.75. The molecule has 2 aromatic rings. The summed E-state index contributed by atoms with van der Waals surface area (Å²) in [6, 6.07) is 9.50. The van der Waals surface area contributed by atoms with Crippen LogP contribution in [0, 0.1) is 0 Å². The van der Waals surface area contributed by atoms with Crippen molar-refractivity contribution in [3.8, 4) is 11.5 Å². The molecular formula is C19H19BrN2O6. The summed E-state index contributed by atoms with van der Waals surface area (Å²) >= 11 is 3.29. The van der Waals surface area contributed by atoms with Crippen molar-refractivity contribution >= 4 is 45.1 Å². The fraction of sp³-hybridized carbons (Fsp3) is 0.211. The second-order valence-electron chi connectivity index (χ2n) is 5.57. The molecule has 0 aliphatic heterocycles. The molecule has 2 aromatic carbocycles. The van der Waals surface area contributed by atoms with E-state index >= 15 is 0 Å². The van der Waals surface area contributed by atoms with Crippen LogP contribution in [0.15, 0.2) is 40.9 Å². The van der Waals surface area contributed by atoms with Gasteiger partial charge in [-0.2, -0.15) is 0 Å². The maximum atomic E-state index is 12.3. The van der Waals surface area contributed by atoms with Crippen LogP contribution in [0.25, 0.3) is 0 Å². The maximum absolute atomic E-state index is 12.3. The number of carbonyl (C=O) groups excluding carboxylic acids is 3. The number of rotatable bonds is 7. The Hall–Kier alpha value is -3.07. The number of anilines is 2. The van der Waals surface area contributed by atoms with Gasteiger partial charge in [-0.25, -0.2) is 4.79 Å². The van der Waals surface area contributed by atoms with Gasteiger partial charge in [0.25, 0.3) is 5.91 Å². The predicted molar refractivity (Wildman–Crippen MR) is 107 cm³/mol. The van der Waals surface area contributed by atoms with Crippen molar-refractivity contribution in [2.24, 2.45) is 0 Å². The number of nitrogens with one attached hydrogen (secondary N) is 2. The third-order valence-electron chi connectivity index (χ3n) is 3.51. The van der Waals surface area contributed by atoms with Crippen molar-refractivity contribution in [3.05, 3.63) is 46.4 Å². The van der Waals surface area contributed by atoms with Crippen LogP contribution in [0.5, 0.6) is 11.5 Å². The number of esters is 1. The standard InChI is InChI=1S/C19H19BrN2O6/c1-11(23)21-13-5-7-17(26-2)15(9-13)22-18(24)10-28-16-6-4-12(8-14(16)20)19(25)27-3/h4-9H,10H2,1-3H3,(H,21,23)(H,22,24). The number of hydrogen-bond donors (Lipinski definition) is 2. The van der Waals surface area contributed by atoms with Crippen LogP contribution in [0.4, 0.5) is 11.4 Å². The molecule has 0 aromatic heterocycles. The fourth-order valence-corrected chi connectivity index (χ4v) is 2.77. The summed E-state index contributed by atoms with van der Waals surface area (Å²) in [5, 5.41) is 5.31. The minimum absolute atomic E-state index is 0.231. The van der Waals surface area contributed by atoms with Gasteiger partial charge in [-0.05, 0) is 52.3 Å². The zero-order valence-corrected chi connectivity index (χ0v) is 17.1. The summed E-state index contributed by atoms with van der Waals surface area (Å²) in [5.41, 5.74) is 1.26. The predicted octanol–water partition coefficient (Wildman–Crippen LogP) is 3.22. The Morgan fingerprint density at radius 2 is 1.71 bits per heavy atom. The molecule has 0 saturated heterocycles. The SMILES string of the molecule is COC(=O)c1ccc(OCC(=O)Nc2cc(NC(C)=O)ccc2OC)c(Br)c1. The van der Waals surface area contributed by atoms with Crippen LogP contribution in [-0.4, -0.2) is 38.6 Å². The molecule has 9 heteroatoms. The molecule has 28 heavy (non-hydrogen) atoms. The molecule has 0 heterocycles. The zero-order valence-electron chi connectivity index (χ0n) is 15.5. The number of carbonyl (C=O) groups is 3. The lowest BCUT2D eigenvalue weighted by Crippen LogP contribution is -2.21. The highest BCUT2D eigenvalue weighted by Gasteiger charge is 2.13. The van der Waals surface area contributed by atoms with E-state index in [1.807, 2.05) is 0 Å². The van der Waals surface area contributed by atoms with Crippen LogP contribution >= 0.6 is 15.9 Å². The van der Waals surface area contributed by atoms with Crippen LogP contribution in [0.3, 0.4) is 0 Å². The van der Waals surface area contributed by atoms with Gasteiger partial charge in [0.2, 0.25) is 5.91 Å². The van der Waals surface area contributed by atoms with Crippen molar-refractivity contribution < 1.29 is 28.6 Å². The highest BCUT2D eigenvalue weighted by molar-refractivity contribution is 9.10. The van der Waals surface area contributed by atoms with Crippen molar-refractivity contribution in [2.45, 2.75) is 6.92 Å². The molecule has 0 saturated carbocycles. The Morgan fingerprint density at radius 1 is 1.00 bits per heavy atom. The minimum atomic E-state index is -0.476. The lowest BCUT2D eigenvalue weighted by Gasteiger charge is -2.13. The number of ether oxygens (including phenoxy) is 3. The van der Waals surface area contributed by atoms with E-state index in [1.54, 1.807) is 30.3 Å². The molecule has 0 spiro atoms. The molecule has 0 radical (unpaired) electrons. The molecule has 0 unspecified atom stereocenters. The number of benzene rings is 2. The first-order valence-corrected chi connectivity index (χ1v) is 8.89. The van der Waals surface area contributed by atoms with Gasteiger partial charge in [-0.1, -0.05) is 0 Å². The average Bonchev–Trinajstić information content (AvgIpc) is 2.66. The van der Waals surface area contributed by atoms with E-state index in [4.69, 9.17) is 9.47 Å². The minimum Gasteiger partial charge on any atom is -0.495 e. The Morgan fingerprint density at radius 3 is 2.32 bits per heavy atom. The molecule has 2 N–H and O–H groups in total. The lowest BCUT2D eigenvalue weighted by atomic mass is 10.2. The van der Waals surface area contributed by atoms with Gasteiger partial charge in [-0.3, -0.25) is 9.59 Å². The Labute approximate surface area is 170 Å². The highest BCUT2D eigenvalue weighted by atomic mass is 79.9. The van der Waals surface area contributed by atoms with Gasteiger partial charge in [0, 0.05) is 12.6 Å². The summed E-state index contributed by atoms with van der Waals surface area (Å²) in [6.45, 7) is 1.11. The van der Waals surface area contributed by atoms with Crippen molar-refractivity contribution in [2.75, 3.05) is 31.5 Å². The van der Waals surface area contributed by atoms with Gasteiger partial charge in [0.15, 0.2) is 6.61 Å². The summed E-state index contributed by atoms with van der Waals surface area (Å²) in [7, 11) is 2.76. The zero-order chi connectivity index (χ0) is 20.7. The summed E-state index contributed by atoms with van der Waals surface area (Å²) < 4.78 is 15.9. The van der Waals surface area contributed by atoms with Crippen LogP contribution in [0.1, 0.15) is 17.3 Å². The highest BCUT2D eigenvalue weighted by Crippen LogP contribution is 2.29. The quantitative estimate of drug-likeness (QED) is 0.627. The number of methoxy groups -OCH3 is 2. The Kier molecular flexibility index (Phi) is 7.39. The first-order valence-electron chi connectivity index (χ1n) is 8.10. The summed E-state index contributed by atoms with van der Waals surface area (Å²) in [6.07, 6.45) is 0. The van der Waals surface area contributed by atoms with Gasteiger partial charge >= 0.3 is 5.97 Å². The van der Waals surface area contributed by atoms with E-state index < -0.39 is 11.9 Å². The van der Waals surface area contributed by atoms with E-state index in [9.17, 15) is 14.4 Å². The smallest absolute Gasteiger partial charge is 0.337 e. The monoisotopic (exact) mass is 450 g/mol. The van der Waals surface area contributed by atoms with Gasteiger partial charge < -0.3 is 24.8 Å². The van der Waals surface area contributed by atoms with Crippen molar-refractivity contribution in [1.82, 2.24) is 0 Å². The molecule has 0 atom stereocenters. The van der Waals surface area contributed by atoms with Gasteiger partial charge in [0.05, 0.1) is 29.9 Å². The maximum Gasteiger partial charge on any atom is 0.337 e. The van der Waals surface area contributed by atoms with Crippen LogP contribution in [0.2, 0.25) is 0 Å². The number of amides is 2. The molecule has 148 valence electrons. The molecule has 2 amide bonds. The lowest BCUT2D eigenvalue weighted by molar-refractivity contribution is -0.118. The van der Waals surface area contributed by atoms with E-state index in [0.717, 1.165) is 0 Å². The molecule has 0 bridgehead atoms. The second-order valence-corrected chi connectivity index (χ2v) is 6.42. The number of hydrogen-bond acceptors (Lipinski definition) is 6. The fourth-order valence-electron chi connectivity index (χ4n) is 2.28. The third-order valence-corrected chi connectivity index (χ3v) is 4.13. The Bertz CT molecular complexity index is 900. The number of halogens is 1. The normalized spacial score (nSPS) is 10.0. The van der Waals surface area contributed by atoms with Crippen LogP contribution in [-0.2, 0) is 14.3 Å². The average molecular weight is 451 g/mol. The first-order chi connectivity index (χ1) is 13.3. The van der Waals surface area contributed by atoms with Gasteiger partial charge in [-0.15, -0.1) is 0 Å².